The SMILES string of the molecule is Cc1ccc(S(=O)(=O)O/N=C2\Cc3ccccc32)cc1. The van der Waals surface area contributed by atoms with Crippen LogP contribution in [0.3, 0.4) is 0 Å². The van der Waals surface area contributed by atoms with Crippen LogP contribution in [0.1, 0.15) is 16.7 Å². The van der Waals surface area contributed by atoms with E-state index in [2.05, 4.69) is 5.16 Å². The Morgan fingerprint density at radius 2 is 1.75 bits per heavy atom. The highest BCUT2D eigenvalue weighted by atomic mass is 32.2. The predicted molar refractivity (Wildman–Crippen MR) is 76.1 cm³/mol. The van der Waals surface area contributed by atoms with Gasteiger partial charge in [0.25, 0.3) is 0 Å². The van der Waals surface area contributed by atoms with E-state index in [1.807, 2.05) is 31.2 Å². The van der Waals surface area contributed by atoms with Crippen molar-refractivity contribution in [3.63, 3.8) is 0 Å². The third-order valence-corrected chi connectivity index (χ3v) is 4.36. The molecule has 0 bridgehead atoms. The number of hydrogen-bond donors (Lipinski definition) is 0. The van der Waals surface area contributed by atoms with Crippen LogP contribution in [0.5, 0.6) is 0 Å². The topological polar surface area (TPSA) is 55.7 Å². The Morgan fingerprint density at radius 3 is 2.45 bits per heavy atom. The Kier molecular flexibility index (Phi) is 3.06. The molecule has 0 aromatic heterocycles. The van der Waals surface area contributed by atoms with Crippen LogP contribution in [0.15, 0.2) is 58.6 Å². The summed E-state index contributed by atoms with van der Waals surface area (Å²) in [5, 5.41) is 3.77. The molecular weight excluding hydrogens is 274 g/mol. The molecule has 0 aliphatic heterocycles. The smallest absolute Gasteiger partial charge is 0.264 e. The molecule has 2 aromatic carbocycles. The van der Waals surface area contributed by atoms with Crippen molar-refractivity contribution in [2.24, 2.45) is 5.16 Å². The summed E-state index contributed by atoms with van der Waals surface area (Å²) in [6.45, 7) is 1.89. The molecule has 0 fully saturated rings. The zero-order valence-electron chi connectivity index (χ0n) is 10.9. The number of aryl methyl sites for hydroxylation is 1. The van der Waals surface area contributed by atoms with Crippen LogP contribution in [-0.4, -0.2) is 14.1 Å². The van der Waals surface area contributed by atoms with Crippen molar-refractivity contribution in [1.82, 2.24) is 0 Å². The summed E-state index contributed by atoms with van der Waals surface area (Å²) in [5.74, 6) is 0. The molecule has 0 atom stereocenters. The molecular formula is C15H13NO3S. The molecule has 1 aliphatic carbocycles. The van der Waals surface area contributed by atoms with Gasteiger partial charge in [-0.3, -0.25) is 4.28 Å². The van der Waals surface area contributed by atoms with Gasteiger partial charge in [0.1, 0.15) is 4.90 Å². The molecule has 5 heteroatoms. The fraction of sp³-hybridized carbons (Fsp3) is 0.133. The molecule has 3 rings (SSSR count). The summed E-state index contributed by atoms with van der Waals surface area (Å²) in [6.07, 6.45) is 0.638. The first-order valence-electron chi connectivity index (χ1n) is 6.22. The lowest BCUT2D eigenvalue weighted by molar-refractivity contribution is 0.337. The molecule has 0 saturated heterocycles. The Balaban J connectivity index is 1.81. The number of fused-ring (bicyclic) bond motifs is 1. The highest BCUT2D eigenvalue weighted by Gasteiger charge is 2.23. The molecule has 0 amide bonds. The van der Waals surface area contributed by atoms with Crippen molar-refractivity contribution in [3.8, 4) is 0 Å². The van der Waals surface area contributed by atoms with Gasteiger partial charge < -0.3 is 0 Å². The average molecular weight is 287 g/mol. The number of oxime groups is 1. The maximum Gasteiger partial charge on any atom is 0.358 e. The monoisotopic (exact) mass is 287 g/mol. The quantitative estimate of drug-likeness (QED) is 0.815. The summed E-state index contributed by atoms with van der Waals surface area (Å²) in [6, 6.07) is 14.2. The van der Waals surface area contributed by atoms with E-state index in [0.29, 0.717) is 12.1 Å². The highest BCUT2D eigenvalue weighted by molar-refractivity contribution is 7.86. The molecule has 1 aliphatic rings. The molecule has 20 heavy (non-hydrogen) atoms. The molecule has 4 nitrogen and oxygen atoms in total. The normalized spacial score (nSPS) is 15.6. The zero-order valence-corrected chi connectivity index (χ0v) is 11.7. The van der Waals surface area contributed by atoms with E-state index < -0.39 is 10.1 Å². The number of nitrogens with zero attached hydrogens (tertiary/aromatic N) is 1. The Morgan fingerprint density at radius 1 is 1.05 bits per heavy atom. The van der Waals surface area contributed by atoms with Crippen molar-refractivity contribution in [3.05, 3.63) is 65.2 Å². The molecule has 0 radical (unpaired) electrons. The van der Waals surface area contributed by atoms with Gasteiger partial charge in [0, 0.05) is 12.0 Å². The van der Waals surface area contributed by atoms with Gasteiger partial charge in [-0.05, 0) is 24.6 Å². The Labute approximate surface area is 117 Å². The molecule has 0 N–H and O–H groups in total. The van der Waals surface area contributed by atoms with Crippen LogP contribution < -0.4 is 0 Å². The van der Waals surface area contributed by atoms with Crippen molar-refractivity contribution in [2.75, 3.05) is 0 Å². The lowest BCUT2D eigenvalue weighted by Gasteiger charge is -2.19. The molecule has 2 aromatic rings. The van der Waals surface area contributed by atoms with Crippen LogP contribution in [-0.2, 0) is 20.8 Å². The first-order valence-corrected chi connectivity index (χ1v) is 7.62. The molecule has 0 unspecified atom stereocenters. The zero-order chi connectivity index (χ0) is 14.2. The molecule has 0 spiro atoms. The lowest BCUT2D eigenvalue weighted by Crippen LogP contribution is -2.20. The second kappa shape index (κ2) is 4.76. The van der Waals surface area contributed by atoms with Gasteiger partial charge in [-0.2, -0.15) is 8.42 Å². The summed E-state index contributed by atoms with van der Waals surface area (Å²) in [4.78, 5) is 0.111. The van der Waals surface area contributed by atoms with Crippen LogP contribution in [0.4, 0.5) is 0 Å². The maximum atomic E-state index is 12.0. The van der Waals surface area contributed by atoms with Crippen LogP contribution in [0, 0.1) is 6.92 Å². The van der Waals surface area contributed by atoms with E-state index in [0.717, 1.165) is 16.7 Å². The van der Waals surface area contributed by atoms with E-state index in [1.54, 1.807) is 12.1 Å². The fourth-order valence-corrected chi connectivity index (χ4v) is 2.79. The van der Waals surface area contributed by atoms with Crippen molar-refractivity contribution in [1.29, 1.82) is 0 Å². The summed E-state index contributed by atoms with van der Waals surface area (Å²) < 4.78 is 28.7. The number of rotatable bonds is 3. The molecule has 0 saturated carbocycles. The van der Waals surface area contributed by atoms with Gasteiger partial charge in [0.2, 0.25) is 0 Å². The third kappa shape index (κ3) is 2.32. The van der Waals surface area contributed by atoms with Gasteiger partial charge >= 0.3 is 10.1 Å². The standard InChI is InChI=1S/C15H13NO3S/c1-11-6-8-13(9-7-11)20(17,18)19-16-15-10-12-4-2-3-5-14(12)15/h2-9H,10H2,1H3/b16-15+. The lowest BCUT2D eigenvalue weighted by atomic mass is 9.87. The third-order valence-electron chi connectivity index (χ3n) is 3.24. The summed E-state index contributed by atoms with van der Waals surface area (Å²) in [5.41, 5.74) is 3.76. The minimum absolute atomic E-state index is 0.111. The van der Waals surface area contributed by atoms with E-state index >= 15 is 0 Å². The second-order valence-corrected chi connectivity index (χ2v) is 6.24. The fourth-order valence-electron chi connectivity index (χ4n) is 2.05. The van der Waals surface area contributed by atoms with Crippen LogP contribution >= 0.6 is 0 Å². The predicted octanol–water partition coefficient (Wildman–Crippen LogP) is 2.66. The number of hydrogen-bond acceptors (Lipinski definition) is 4. The van der Waals surface area contributed by atoms with E-state index in [-0.39, 0.29) is 4.90 Å². The van der Waals surface area contributed by atoms with Crippen molar-refractivity contribution in [2.45, 2.75) is 18.2 Å². The highest BCUT2D eigenvalue weighted by Crippen LogP contribution is 2.24. The van der Waals surface area contributed by atoms with Gasteiger partial charge in [-0.1, -0.05) is 47.1 Å². The van der Waals surface area contributed by atoms with Crippen molar-refractivity contribution >= 4 is 15.8 Å². The minimum atomic E-state index is -3.84. The van der Waals surface area contributed by atoms with E-state index in [1.165, 1.54) is 12.1 Å². The molecule has 0 heterocycles. The second-order valence-electron chi connectivity index (χ2n) is 4.71. The first kappa shape index (κ1) is 12.9. The molecule has 102 valence electrons. The van der Waals surface area contributed by atoms with Crippen LogP contribution in [0.2, 0.25) is 0 Å². The largest absolute Gasteiger partial charge is 0.358 e. The minimum Gasteiger partial charge on any atom is -0.264 e. The summed E-state index contributed by atoms with van der Waals surface area (Å²) in [7, 11) is -3.84. The van der Waals surface area contributed by atoms with Gasteiger partial charge in [0.05, 0.1) is 5.71 Å². The van der Waals surface area contributed by atoms with Crippen LogP contribution in [0.25, 0.3) is 0 Å². The van der Waals surface area contributed by atoms with E-state index in [4.69, 9.17) is 4.28 Å². The van der Waals surface area contributed by atoms with Gasteiger partial charge in [-0.25, -0.2) is 0 Å². The van der Waals surface area contributed by atoms with E-state index in [9.17, 15) is 8.42 Å². The number of benzene rings is 2. The average Bonchev–Trinajstić information content (AvgIpc) is 2.40. The van der Waals surface area contributed by atoms with Gasteiger partial charge in [-0.15, -0.1) is 0 Å². The first-order chi connectivity index (χ1) is 9.56. The Hall–Kier alpha value is -2.14. The maximum absolute atomic E-state index is 12.0. The van der Waals surface area contributed by atoms with Crippen molar-refractivity contribution < 1.29 is 12.7 Å². The Bertz CT molecular complexity index is 777. The summed E-state index contributed by atoms with van der Waals surface area (Å²) >= 11 is 0. The van der Waals surface area contributed by atoms with Gasteiger partial charge in [0.15, 0.2) is 0 Å².